The average Bonchev–Trinajstić information content (AvgIpc) is 3.64. The van der Waals surface area contributed by atoms with Gasteiger partial charge in [-0.05, 0) is 76.5 Å². The molecule has 3 amide bonds. The number of carbonyl (C=O) groups excluding carboxylic acids is 3. The summed E-state index contributed by atoms with van der Waals surface area (Å²) in [6, 6.07) is 7.28. The smallest absolute Gasteiger partial charge is 0.245 e. The van der Waals surface area contributed by atoms with E-state index in [1.165, 1.54) is 0 Å². The maximum atomic E-state index is 14.8. The second kappa shape index (κ2) is 13.7. The van der Waals surface area contributed by atoms with Crippen LogP contribution < -0.4 is 0 Å². The topological polar surface area (TPSA) is 73.4 Å². The lowest BCUT2D eigenvalue weighted by Crippen LogP contribution is -2.53. The van der Waals surface area contributed by atoms with Crippen molar-refractivity contribution in [3.63, 3.8) is 0 Å². The lowest BCUT2D eigenvalue weighted by Gasteiger charge is -2.41. The molecule has 3 aliphatic heterocycles. The van der Waals surface area contributed by atoms with Crippen LogP contribution in [0, 0.1) is 17.8 Å². The van der Waals surface area contributed by atoms with Crippen LogP contribution in [-0.2, 0) is 19.1 Å². The van der Waals surface area contributed by atoms with Crippen molar-refractivity contribution in [2.24, 2.45) is 17.8 Å². The minimum Gasteiger partial charge on any atom is -0.378 e. The van der Waals surface area contributed by atoms with Crippen molar-refractivity contribution in [3.05, 3.63) is 34.9 Å². The van der Waals surface area contributed by atoms with Crippen LogP contribution in [0.5, 0.6) is 0 Å². The van der Waals surface area contributed by atoms with Crippen LogP contribution in [0.3, 0.4) is 0 Å². The summed E-state index contributed by atoms with van der Waals surface area (Å²) in [6.07, 6.45) is 4.66. The van der Waals surface area contributed by atoms with Crippen molar-refractivity contribution in [2.45, 2.75) is 103 Å². The number of likely N-dealkylation sites (tertiary alicyclic amines) is 2. The van der Waals surface area contributed by atoms with Crippen LogP contribution in [0.4, 0.5) is 0 Å². The lowest BCUT2D eigenvalue weighted by atomic mass is 9.85. The van der Waals surface area contributed by atoms with E-state index in [0.717, 1.165) is 37.8 Å². The first-order valence-electron chi connectivity index (χ1n) is 16.8. The van der Waals surface area contributed by atoms with E-state index < -0.39 is 6.04 Å². The molecular formula is C35H53ClN4O4. The van der Waals surface area contributed by atoms with Gasteiger partial charge >= 0.3 is 0 Å². The summed E-state index contributed by atoms with van der Waals surface area (Å²) < 4.78 is 5.55. The highest BCUT2D eigenvalue weighted by Gasteiger charge is 2.51. The molecule has 0 spiro atoms. The van der Waals surface area contributed by atoms with Gasteiger partial charge in [-0.2, -0.15) is 0 Å². The zero-order chi connectivity index (χ0) is 31.8. The van der Waals surface area contributed by atoms with E-state index in [4.69, 9.17) is 16.3 Å². The van der Waals surface area contributed by atoms with Crippen LogP contribution in [0.2, 0.25) is 5.02 Å². The van der Waals surface area contributed by atoms with Crippen molar-refractivity contribution in [1.82, 2.24) is 19.6 Å². The molecule has 244 valence electrons. The molecule has 4 fully saturated rings. The van der Waals surface area contributed by atoms with Gasteiger partial charge in [0.05, 0.1) is 25.2 Å². The molecule has 2 unspecified atom stereocenters. The molecule has 5 rings (SSSR count). The third-order valence-electron chi connectivity index (χ3n) is 10.6. The number of halogens is 1. The summed E-state index contributed by atoms with van der Waals surface area (Å²) in [5, 5.41) is 0.674. The van der Waals surface area contributed by atoms with Gasteiger partial charge in [0.1, 0.15) is 6.04 Å². The molecule has 1 aromatic rings. The van der Waals surface area contributed by atoms with E-state index in [0.29, 0.717) is 56.8 Å². The predicted octanol–water partition coefficient (Wildman–Crippen LogP) is 5.05. The Hall–Kier alpha value is -2.16. The number of hydrogen-bond acceptors (Lipinski definition) is 5. The monoisotopic (exact) mass is 628 g/mol. The van der Waals surface area contributed by atoms with Gasteiger partial charge in [-0.1, -0.05) is 44.5 Å². The normalized spacial score (nSPS) is 30.2. The SMILES string of the molecule is CC1CCC(N(C(=O)C(C)C)[C@H]2CC(C(=O)N3CCOCC3)N(C(=O)C3CN(C(C)(C)C)C[C@H]3c3ccc(Cl)cc3)C2)CC1. The van der Waals surface area contributed by atoms with Gasteiger partial charge in [-0.15, -0.1) is 0 Å². The van der Waals surface area contributed by atoms with Gasteiger partial charge in [0, 0.05) is 61.2 Å². The molecular weight excluding hydrogens is 576 g/mol. The number of benzene rings is 1. The molecule has 4 aliphatic rings. The summed E-state index contributed by atoms with van der Waals surface area (Å²) in [5.41, 5.74) is 0.994. The molecule has 0 bridgehead atoms. The quantitative estimate of drug-likeness (QED) is 0.441. The summed E-state index contributed by atoms with van der Waals surface area (Å²) in [7, 11) is 0. The molecule has 4 atom stereocenters. The van der Waals surface area contributed by atoms with Crippen LogP contribution in [0.1, 0.15) is 85.1 Å². The molecule has 0 N–H and O–H groups in total. The highest BCUT2D eigenvalue weighted by molar-refractivity contribution is 6.30. The Morgan fingerprint density at radius 2 is 1.55 bits per heavy atom. The Bertz CT molecular complexity index is 1170. The third-order valence-corrected chi connectivity index (χ3v) is 10.8. The zero-order valence-electron chi connectivity index (χ0n) is 27.6. The van der Waals surface area contributed by atoms with E-state index in [9.17, 15) is 14.4 Å². The standard InChI is InChI=1S/C35H53ClN4O4/c1-23(2)32(41)40(27-13-7-24(3)8-14-27)28-19-31(34(43)37-15-17-44-18-16-37)39(20-28)33(42)30-22-38(35(4,5)6)21-29(30)25-9-11-26(36)12-10-25/h9-12,23-24,27-31H,7-8,13-22H2,1-6H3/t24?,27?,28-,29-,30?,31?/m0/s1. The van der Waals surface area contributed by atoms with Crippen LogP contribution >= 0.6 is 11.6 Å². The van der Waals surface area contributed by atoms with E-state index in [1.807, 2.05) is 47.9 Å². The number of ether oxygens (including phenoxy) is 1. The van der Waals surface area contributed by atoms with Gasteiger partial charge in [-0.25, -0.2) is 0 Å². The number of morpholine rings is 1. The number of carbonyl (C=O) groups is 3. The minimum atomic E-state index is -0.579. The summed E-state index contributed by atoms with van der Waals surface area (Å²) >= 11 is 6.25. The van der Waals surface area contributed by atoms with Crippen LogP contribution in [0.25, 0.3) is 0 Å². The molecule has 1 aliphatic carbocycles. The van der Waals surface area contributed by atoms with E-state index >= 15 is 0 Å². The van der Waals surface area contributed by atoms with E-state index in [2.05, 4.69) is 37.5 Å². The van der Waals surface area contributed by atoms with Gasteiger partial charge in [0.25, 0.3) is 0 Å². The first kappa shape index (κ1) is 33.2. The molecule has 9 heteroatoms. The third kappa shape index (κ3) is 7.13. The predicted molar refractivity (Wildman–Crippen MR) is 173 cm³/mol. The minimum absolute atomic E-state index is 0.00733. The highest BCUT2D eigenvalue weighted by Crippen LogP contribution is 2.40. The highest BCUT2D eigenvalue weighted by atomic mass is 35.5. The molecule has 0 radical (unpaired) electrons. The van der Waals surface area contributed by atoms with Crippen molar-refractivity contribution >= 4 is 29.3 Å². The van der Waals surface area contributed by atoms with Crippen molar-refractivity contribution in [3.8, 4) is 0 Å². The van der Waals surface area contributed by atoms with Gasteiger partial charge in [0.15, 0.2) is 0 Å². The van der Waals surface area contributed by atoms with E-state index in [-0.39, 0.29) is 53.1 Å². The van der Waals surface area contributed by atoms with Gasteiger partial charge in [0.2, 0.25) is 17.7 Å². The molecule has 1 saturated carbocycles. The first-order chi connectivity index (χ1) is 20.8. The average molecular weight is 629 g/mol. The fourth-order valence-electron chi connectivity index (χ4n) is 7.83. The molecule has 3 heterocycles. The summed E-state index contributed by atoms with van der Waals surface area (Å²) in [4.78, 5) is 51.1. The fourth-order valence-corrected chi connectivity index (χ4v) is 7.95. The lowest BCUT2D eigenvalue weighted by molar-refractivity contribution is -0.148. The summed E-state index contributed by atoms with van der Waals surface area (Å²) in [6.45, 7) is 16.7. The van der Waals surface area contributed by atoms with Gasteiger partial charge < -0.3 is 19.4 Å². The molecule has 1 aromatic carbocycles. The van der Waals surface area contributed by atoms with E-state index in [1.54, 1.807) is 0 Å². The second-order valence-electron chi connectivity index (χ2n) is 15.0. The largest absolute Gasteiger partial charge is 0.378 e. The second-order valence-corrected chi connectivity index (χ2v) is 15.4. The van der Waals surface area contributed by atoms with Crippen molar-refractivity contribution in [1.29, 1.82) is 0 Å². The van der Waals surface area contributed by atoms with Crippen LogP contribution in [-0.4, -0.2) is 107 Å². The fraction of sp³-hybridized carbons (Fsp3) is 0.743. The Kier molecular flexibility index (Phi) is 10.3. The van der Waals surface area contributed by atoms with Gasteiger partial charge in [-0.3, -0.25) is 19.3 Å². The summed E-state index contributed by atoms with van der Waals surface area (Å²) in [5.74, 6) is 0.381. The Morgan fingerprint density at radius 1 is 0.909 bits per heavy atom. The Labute approximate surface area is 269 Å². The molecule has 0 aromatic heterocycles. The molecule has 44 heavy (non-hydrogen) atoms. The van der Waals surface area contributed by atoms with Crippen molar-refractivity contribution < 1.29 is 19.1 Å². The Balaban J connectivity index is 1.48. The number of rotatable bonds is 6. The maximum absolute atomic E-state index is 14.8. The first-order valence-corrected chi connectivity index (χ1v) is 17.2. The zero-order valence-corrected chi connectivity index (χ0v) is 28.4. The Morgan fingerprint density at radius 3 is 2.14 bits per heavy atom. The molecule has 3 saturated heterocycles. The maximum Gasteiger partial charge on any atom is 0.245 e. The van der Waals surface area contributed by atoms with Crippen molar-refractivity contribution in [2.75, 3.05) is 45.9 Å². The number of hydrogen-bond donors (Lipinski definition) is 0. The number of nitrogens with zero attached hydrogens (tertiary/aromatic N) is 4. The molecule has 8 nitrogen and oxygen atoms in total. The number of amides is 3. The van der Waals surface area contributed by atoms with Crippen LogP contribution in [0.15, 0.2) is 24.3 Å².